The molecule has 0 fully saturated rings. The Balaban J connectivity index is 1.86. The van der Waals surface area contributed by atoms with Gasteiger partial charge in [0, 0.05) is 13.2 Å². The van der Waals surface area contributed by atoms with Gasteiger partial charge < -0.3 is 0 Å². The fourth-order valence-electron chi connectivity index (χ4n) is 2.65. The quantitative estimate of drug-likeness (QED) is 0.659. The number of anilines is 1. The van der Waals surface area contributed by atoms with Gasteiger partial charge in [0.15, 0.2) is 5.82 Å². The van der Waals surface area contributed by atoms with E-state index in [0.29, 0.717) is 22.4 Å². The molecule has 0 amide bonds. The zero-order valence-corrected chi connectivity index (χ0v) is 16.8. The number of hydrogen-bond donors (Lipinski definition) is 1. The van der Waals surface area contributed by atoms with Gasteiger partial charge in [0.25, 0.3) is 10.0 Å². The molecule has 3 aromatic rings. The van der Waals surface area contributed by atoms with Crippen molar-refractivity contribution < 1.29 is 12.8 Å². The number of benzene rings is 1. The Morgan fingerprint density at radius 2 is 1.85 bits per heavy atom. The van der Waals surface area contributed by atoms with Crippen molar-refractivity contribution in [2.24, 2.45) is 7.05 Å². The molecular formula is C16H17BrFN5O2S. The maximum Gasteiger partial charge on any atom is 0.266 e. The molecule has 0 spiro atoms. The highest BCUT2D eigenvalue weighted by Crippen LogP contribution is 2.26. The number of aromatic nitrogens is 4. The van der Waals surface area contributed by atoms with Crippen LogP contribution < -0.4 is 4.72 Å². The molecule has 0 aliphatic heterocycles. The lowest BCUT2D eigenvalue weighted by Gasteiger charge is -2.06. The Morgan fingerprint density at radius 3 is 2.42 bits per heavy atom. The summed E-state index contributed by atoms with van der Waals surface area (Å²) in [5.41, 5.74) is 1.80. The lowest BCUT2D eigenvalue weighted by molar-refractivity contribution is 0.599. The molecule has 0 aliphatic rings. The molecule has 10 heteroatoms. The third-order valence-corrected chi connectivity index (χ3v) is 6.09. The average Bonchev–Trinajstić information content (AvgIpc) is 3.00. The van der Waals surface area contributed by atoms with E-state index in [0.717, 1.165) is 5.56 Å². The first-order valence-corrected chi connectivity index (χ1v) is 9.95. The molecule has 0 bridgehead atoms. The van der Waals surface area contributed by atoms with Crippen LogP contribution in [0.4, 0.5) is 10.2 Å². The van der Waals surface area contributed by atoms with Gasteiger partial charge in [-0.15, -0.1) is 0 Å². The summed E-state index contributed by atoms with van der Waals surface area (Å²) in [5, 5.41) is 8.40. The molecular weight excluding hydrogens is 425 g/mol. The van der Waals surface area contributed by atoms with Crippen LogP contribution in [-0.4, -0.2) is 28.0 Å². The van der Waals surface area contributed by atoms with E-state index in [2.05, 4.69) is 30.8 Å². The molecule has 1 N–H and O–H groups in total. The number of halogens is 2. The molecule has 2 aromatic heterocycles. The molecule has 0 unspecified atom stereocenters. The van der Waals surface area contributed by atoms with Crippen LogP contribution in [0.3, 0.4) is 0 Å². The summed E-state index contributed by atoms with van der Waals surface area (Å²) in [6, 6.07) is 6.03. The minimum absolute atomic E-state index is 0.139. The minimum atomic E-state index is -3.83. The highest BCUT2D eigenvalue weighted by atomic mass is 79.9. The van der Waals surface area contributed by atoms with Crippen LogP contribution in [0.5, 0.6) is 0 Å². The predicted octanol–water partition coefficient (Wildman–Crippen LogP) is 2.98. The molecule has 0 saturated heterocycles. The van der Waals surface area contributed by atoms with Gasteiger partial charge >= 0.3 is 0 Å². The fraction of sp³-hybridized carbons (Fsp3) is 0.250. The maximum absolute atomic E-state index is 13.0. The number of nitrogens with one attached hydrogen (secondary N) is 1. The van der Waals surface area contributed by atoms with E-state index in [1.807, 2.05) is 0 Å². The highest BCUT2D eigenvalue weighted by Gasteiger charge is 2.25. The smallest absolute Gasteiger partial charge is 0.266 e. The second kappa shape index (κ2) is 6.84. The fourth-order valence-corrected chi connectivity index (χ4v) is 4.65. The standard InChI is InChI=1S/C16H17BrFN5O2S/c1-10-15(11(2)22(3)19-10)26(24,25)21-16-14(17)9-23(20-16)8-12-4-6-13(18)7-5-12/h4-7,9H,8H2,1-3H3,(H,20,21). The van der Waals surface area contributed by atoms with Crippen LogP contribution in [0.15, 0.2) is 39.8 Å². The topological polar surface area (TPSA) is 81.8 Å². The molecule has 3 rings (SSSR count). The van der Waals surface area contributed by atoms with Crippen molar-refractivity contribution in [3.63, 3.8) is 0 Å². The van der Waals surface area contributed by atoms with Crippen molar-refractivity contribution in [2.45, 2.75) is 25.3 Å². The molecule has 1 aromatic carbocycles. The average molecular weight is 442 g/mol. The first-order valence-electron chi connectivity index (χ1n) is 7.68. The first kappa shape index (κ1) is 18.6. The summed E-state index contributed by atoms with van der Waals surface area (Å²) >= 11 is 3.32. The van der Waals surface area contributed by atoms with Crippen molar-refractivity contribution in [3.8, 4) is 0 Å². The Kier molecular flexibility index (Phi) is 4.89. The Labute approximate surface area is 159 Å². The van der Waals surface area contributed by atoms with Gasteiger partial charge in [0.05, 0.1) is 22.4 Å². The minimum Gasteiger partial charge on any atom is -0.271 e. The molecule has 2 heterocycles. The van der Waals surface area contributed by atoms with Crippen LogP contribution in [0.1, 0.15) is 17.0 Å². The van der Waals surface area contributed by atoms with Crippen LogP contribution in [0, 0.1) is 19.7 Å². The van der Waals surface area contributed by atoms with Crippen molar-refractivity contribution in [2.75, 3.05) is 4.72 Å². The Morgan fingerprint density at radius 1 is 1.19 bits per heavy atom. The van der Waals surface area contributed by atoms with Gasteiger partial charge in [-0.05, 0) is 47.5 Å². The summed E-state index contributed by atoms with van der Waals surface area (Å²) < 4.78 is 44.6. The van der Waals surface area contributed by atoms with E-state index < -0.39 is 10.0 Å². The normalized spacial score (nSPS) is 11.7. The van der Waals surface area contributed by atoms with Crippen molar-refractivity contribution in [1.29, 1.82) is 0 Å². The van der Waals surface area contributed by atoms with E-state index in [1.165, 1.54) is 16.8 Å². The van der Waals surface area contributed by atoms with Crippen LogP contribution in [0.2, 0.25) is 0 Å². The zero-order valence-electron chi connectivity index (χ0n) is 14.4. The molecule has 0 aliphatic carbocycles. The molecule has 0 radical (unpaired) electrons. The highest BCUT2D eigenvalue weighted by molar-refractivity contribution is 9.10. The van der Waals surface area contributed by atoms with E-state index in [9.17, 15) is 12.8 Å². The maximum atomic E-state index is 13.0. The van der Waals surface area contributed by atoms with E-state index in [4.69, 9.17) is 0 Å². The second-order valence-corrected chi connectivity index (χ2v) is 8.35. The Bertz CT molecular complexity index is 1060. The van der Waals surface area contributed by atoms with Gasteiger partial charge in [-0.3, -0.25) is 14.1 Å². The number of hydrogen-bond acceptors (Lipinski definition) is 4. The molecule has 0 saturated carbocycles. The summed E-state index contributed by atoms with van der Waals surface area (Å²) in [5.74, 6) is -0.138. The third-order valence-electron chi connectivity index (χ3n) is 3.92. The van der Waals surface area contributed by atoms with Gasteiger partial charge in [0.2, 0.25) is 0 Å². The molecule has 7 nitrogen and oxygen atoms in total. The summed E-state index contributed by atoms with van der Waals surface area (Å²) in [4.78, 5) is 0.139. The zero-order chi connectivity index (χ0) is 19.1. The van der Waals surface area contributed by atoms with Crippen LogP contribution in [0.25, 0.3) is 0 Å². The van der Waals surface area contributed by atoms with Crippen LogP contribution in [-0.2, 0) is 23.6 Å². The second-order valence-electron chi connectivity index (χ2n) is 5.88. The Hall–Kier alpha value is -2.20. The number of rotatable bonds is 5. The van der Waals surface area contributed by atoms with E-state index in [-0.39, 0.29) is 16.5 Å². The monoisotopic (exact) mass is 441 g/mol. The third kappa shape index (κ3) is 3.65. The number of sulfonamides is 1. The van der Waals surface area contributed by atoms with E-state index >= 15 is 0 Å². The lowest BCUT2D eigenvalue weighted by Crippen LogP contribution is -2.16. The number of aryl methyl sites for hydroxylation is 2. The largest absolute Gasteiger partial charge is 0.271 e. The van der Waals surface area contributed by atoms with Gasteiger partial charge in [0.1, 0.15) is 10.7 Å². The first-order chi connectivity index (χ1) is 12.2. The number of nitrogens with zero attached hydrogens (tertiary/aromatic N) is 4. The summed E-state index contributed by atoms with van der Waals surface area (Å²) in [7, 11) is -2.14. The predicted molar refractivity (Wildman–Crippen MR) is 98.9 cm³/mol. The van der Waals surface area contributed by atoms with Crippen molar-refractivity contribution in [1.82, 2.24) is 19.6 Å². The van der Waals surface area contributed by atoms with Crippen molar-refractivity contribution >= 4 is 31.8 Å². The van der Waals surface area contributed by atoms with E-state index in [1.54, 1.807) is 43.9 Å². The van der Waals surface area contributed by atoms with Gasteiger partial charge in [-0.2, -0.15) is 10.2 Å². The molecule has 0 atom stereocenters. The van der Waals surface area contributed by atoms with Crippen LogP contribution >= 0.6 is 15.9 Å². The lowest BCUT2D eigenvalue weighted by atomic mass is 10.2. The summed E-state index contributed by atoms with van der Waals surface area (Å²) in [6.45, 7) is 3.71. The molecule has 138 valence electrons. The van der Waals surface area contributed by atoms with Gasteiger partial charge in [-0.1, -0.05) is 12.1 Å². The van der Waals surface area contributed by atoms with Crippen molar-refractivity contribution in [3.05, 3.63) is 57.7 Å². The summed E-state index contributed by atoms with van der Waals surface area (Å²) in [6.07, 6.45) is 1.66. The SMILES string of the molecule is Cc1nn(C)c(C)c1S(=O)(=O)Nc1nn(Cc2ccc(F)cc2)cc1Br. The van der Waals surface area contributed by atoms with Gasteiger partial charge in [-0.25, -0.2) is 12.8 Å². The molecule has 26 heavy (non-hydrogen) atoms.